The molecule has 0 fully saturated rings. The number of pyridine rings is 1. The monoisotopic (exact) mass is 389 g/mol. The lowest BCUT2D eigenvalue weighted by molar-refractivity contribution is -0.119. The van der Waals surface area contributed by atoms with E-state index in [0.29, 0.717) is 19.6 Å². The zero-order valence-electron chi connectivity index (χ0n) is 15.5. The van der Waals surface area contributed by atoms with Gasteiger partial charge in [-0.05, 0) is 24.1 Å². The van der Waals surface area contributed by atoms with E-state index in [1.54, 1.807) is 18.7 Å². The Morgan fingerprint density at radius 1 is 1.11 bits per heavy atom. The van der Waals surface area contributed by atoms with Crippen LogP contribution in [0.15, 0.2) is 52.3 Å². The van der Waals surface area contributed by atoms with Gasteiger partial charge in [0.25, 0.3) is 5.56 Å². The van der Waals surface area contributed by atoms with Gasteiger partial charge in [0.15, 0.2) is 0 Å². The van der Waals surface area contributed by atoms with Gasteiger partial charge in [0, 0.05) is 37.6 Å². The topological polar surface area (TPSA) is 79.7 Å². The second-order valence-electron chi connectivity index (χ2n) is 6.34. The minimum absolute atomic E-state index is 0.0143. The van der Waals surface area contributed by atoms with Crippen molar-refractivity contribution in [2.24, 2.45) is 0 Å². The average Bonchev–Trinajstić information content (AvgIpc) is 3.08. The number of fused-ring (bicyclic) bond motifs is 1. The standard InChI is InChI=1S/C19H23N3O4S/c1-3-21(4-2)27(25,26)16-9-10-18(23)20(13-16)14-19(24)22-12-11-15-7-5-6-8-17(15)22/h5-10,13H,3-4,11-12,14H2,1-2H3. The predicted octanol–water partition coefficient (Wildman–Crippen LogP) is 1.47. The van der Waals surface area contributed by atoms with Crippen molar-refractivity contribution in [3.05, 3.63) is 58.5 Å². The summed E-state index contributed by atoms with van der Waals surface area (Å²) in [5.74, 6) is -0.237. The summed E-state index contributed by atoms with van der Waals surface area (Å²) < 4.78 is 27.8. The fourth-order valence-corrected chi connectivity index (χ4v) is 4.80. The number of benzene rings is 1. The van der Waals surface area contributed by atoms with Crippen LogP contribution >= 0.6 is 0 Å². The third kappa shape index (κ3) is 3.68. The maximum absolute atomic E-state index is 12.7. The van der Waals surface area contributed by atoms with Gasteiger partial charge in [-0.1, -0.05) is 32.0 Å². The van der Waals surface area contributed by atoms with Gasteiger partial charge in [-0.15, -0.1) is 0 Å². The van der Waals surface area contributed by atoms with Gasteiger partial charge in [0.1, 0.15) is 6.54 Å². The zero-order chi connectivity index (χ0) is 19.6. The number of carbonyl (C=O) groups is 1. The number of aromatic nitrogens is 1. The summed E-state index contributed by atoms with van der Waals surface area (Å²) in [5, 5.41) is 0. The Bertz CT molecular complexity index is 1010. The second kappa shape index (κ2) is 7.66. The summed E-state index contributed by atoms with van der Waals surface area (Å²) >= 11 is 0. The van der Waals surface area contributed by atoms with E-state index in [1.807, 2.05) is 24.3 Å². The third-order valence-electron chi connectivity index (χ3n) is 4.79. The molecule has 0 saturated carbocycles. The molecule has 0 spiro atoms. The molecule has 2 heterocycles. The summed E-state index contributed by atoms with van der Waals surface area (Å²) in [4.78, 5) is 26.6. The van der Waals surface area contributed by atoms with Crippen LogP contribution in [-0.2, 0) is 27.8 Å². The number of nitrogens with zero attached hydrogens (tertiary/aromatic N) is 3. The number of rotatable bonds is 6. The molecule has 0 bridgehead atoms. The molecule has 3 rings (SSSR count). The van der Waals surface area contributed by atoms with Crippen molar-refractivity contribution in [3.8, 4) is 0 Å². The number of amides is 1. The molecule has 0 atom stereocenters. The van der Waals surface area contributed by atoms with Crippen molar-refractivity contribution in [1.29, 1.82) is 0 Å². The van der Waals surface area contributed by atoms with Crippen LogP contribution in [0.4, 0.5) is 5.69 Å². The molecule has 0 aliphatic carbocycles. The lowest BCUT2D eigenvalue weighted by Gasteiger charge is -2.20. The fourth-order valence-electron chi connectivity index (χ4n) is 3.33. The first-order chi connectivity index (χ1) is 12.9. The SMILES string of the molecule is CCN(CC)S(=O)(=O)c1ccc(=O)n(CC(=O)N2CCc3ccccc32)c1. The van der Waals surface area contributed by atoms with E-state index in [9.17, 15) is 18.0 Å². The summed E-state index contributed by atoms with van der Waals surface area (Å²) in [6, 6.07) is 10.1. The maximum atomic E-state index is 12.7. The summed E-state index contributed by atoms with van der Waals surface area (Å²) in [6.07, 6.45) is 2.03. The van der Waals surface area contributed by atoms with Gasteiger partial charge >= 0.3 is 0 Å². The van der Waals surface area contributed by atoms with E-state index in [1.165, 1.54) is 27.2 Å². The van der Waals surface area contributed by atoms with E-state index >= 15 is 0 Å². The molecule has 1 amide bonds. The normalized spacial score (nSPS) is 13.8. The Morgan fingerprint density at radius 2 is 1.81 bits per heavy atom. The highest BCUT2D eigenvalue weighted by Gasteiger charge is 2.26. The van der Waals surface area contributed by atoms with Crippen molar-refractivity contribution < 1.29 is 13.2 Å². The lowest BCUT2D eigenvalue weighted by Crippen LogP contribution is -2.36. The molecule has 0 saturated heterocycles. The Morgan fingerprint density at radius 3 is 2.52 bits per heavy atom. The van der Waals surface area contributed by atoms with Gasteiger partial charge in [-0.2, -0.15) is 4.31 Å². The number of carbonyl (C=O) groups excluding carboxylic acids is 1. The van der Waals surface area contributed by atoms with Crippen molar-refractivity contribution in [3.63, 3.8) is 0 Å². The van der Waals surface area contributed by atoms with Gasteiger partial charge in [0.2, 0.25) is 15.9 Å². The van der Waals surface area contributed by atoms with Crippen LogP contribution in [0.3, 0.4) is 0 Å². The minimum Gasteiger partial charge on any atom is -0.310 e. The van der Waals surface area contributed by atoms with E-state index in [-0.39, 0.29) is 17.3 Å². The molecule has 27 heavy (non-hydrogen) atoms. The van der Waals surface area contributed by atoms with E-state index in [0.717, 1.165) is 17.7 Å². The number of hydrogen-bond donors (Lipinski definition) is 0. The summed E-state index contributed by atoms with van der Waals surface area (Å²) in [7, 11) is -3.70. The number of para-hydroxylation sites is 1. The van der Waals surface area contributed by atoms with Gasteiger partial charge in [-0.25, -0.2) is 8.42 Å². The molecular weight excluding hydrogens is 366 g/mol. The first-order valence-electron chi connectivity index (χ1n) is 8.97. The van der Waals surface area contributed by atoms with Crippen LogP contribution in [0.1, 0.15) is 19.4 Å². The molecule has 8 heteroatoms. The van der Waals surface area contributed by atoms with Crippen LogP contribution in [-0.4, -0.2) is 42.8 Å². The first kappa shape index (κ1) is 19.3. The third-order valence-corrected chi connectivity index (χ3v) is 6.83. The molecule has 0 unspecified atom stereocenters. The number of hydrogen-bond acceptors (Lipinski definition) is 4. The van der Waals surface area contributed by atoms with Gasteiger partial charge in [-0.3, -0.25) is 9.59 Å². The van der Waals surface area contributed by atoms with Crippen LogP contribution in [0.25, 0.3) is 0 Å². The van der Waals surface area contributed by atoms with E-state index < -0.39 is 15.6 Å². The van der Waals surface area contributed by atoms with Crippen LogP contribution in [0.5, 0.6) is 0 Å². The molecule has 1 aromatic heterocycles. The molecule has 7 nitrogen and oxygen atoms in total. The zero-order valence-corrected chi connectivity index (χ0v) is 16.3. The molecule has 0 radical (unpaired) electrons. The van der Waals surface area contributed by atoms with E-state index in [4.69, 9.17) is 0 Å². The Kier molecular flexibility index (Phi) is 5.48. The smallest absolute Gasteiger partial charge is 0.251 e. The van der Waals surface area contributed by atoms with Crippen molar-refractivity contribution in [1.82, 2.24) is 8.87 Å². The lowest BCUT2D eigenvalue weighted by atomic mass is 10.2. The highest BCUT2D eigenvalue weighted by molar-refractivity contribution is 7.89. The van der Waals surface area contributed by atoms with Crippen LogP contribution in [0.2, 0.25) is 0 Å². The number of anilines is 1. The van der Waals surface area contributed by atoms with Crippen molar-refractivity contribution in [2.45, 2.75) is 31.7 Å². The summed E-state index contributed by atoms with van der Waals surface area (Å²) in [6.45, 7) is 4.54. The van der Waals surface area contributed by atoms with Gasteiger partial charge in [0.05, 0.1) is 4.90 Å². The predicted molar refractivity (Wildman–Crippen MR) is 103 cm³/mol. The van der Waals surface area contributed by atoms with Crippen LogP contribution in [0, 0.1) is 0 Å². The quantitative estimate of drug-likeness (QED) is 0.749. The molecule has 1 aliphatic heterocycles. The summed E-state index contributed by atoms with van der Waals surface area (Å²) in [5.41, 5.74) is 1.54. The molecular formula is C19H23N3O4S. The minimum atomic E-state index is -3.70. The van der Waals surface area contributed by atoms with E-state index in [2.05, 4.69) is 0 Å². The van der Waals surface area contributed by atoms with Crippen molar-refractivity contribution >= 4 is 21.6 Å². The first-order valence-corrected chi connectivity index (χ1v) is 10.4. The molecule has 2 aromatic rings. The number of sulfonamides is 1. The average molecular weight is 389 g/mol. The fraction of sp³-hybridized carbons (Fsp3) is 0.368. The highest BCUT2D eigenvalue weighted by Crippen LogP contribution is 2.27. The Hall–Kier alpha value is -2.45. The van der Waals surface area contributed by atoms with Gasteiger partial charge < -0.3 is 9.47 Å². The van der Waals surface area contributed by atoms with Crippen molar-refractivity contribution in [2.75, 3.05) is 24.5 Å². The molecule has 144 valence electrons. The Labute approximate surface area is 158 Å². The second-order valence-corrected chi connectivity index (χ2v) is 8.28. The van der Waals surface area contributed by atoms with Crippen LogP contribution < -0.4 is 10.5 Å². The highest BCUT2D eigenvalue weighted by atomic mass is 32.2. The molecule has 0 N–H and O–H groups in total. The Balaban J connectivity index is 1.88. The largest absolute Gasteiger partial charge is 0.310 e. The molecule has 1 aromatic carbocycles. The molecule has 1 aliphatic rings. The maximum Gasteiger partial charge on any atom is 0.251 e.